The first-order valence-corrected chi connectivity index (χ1v) is 11.7. The van der Waals surface area contributed by atoms with Gasteiger partial charge in [0.2, 0.25) is 10.0 Å². The summed E-state index contributed by atoms with van der Waals surface area (Å²) in [6.07, 6.45) is -0.202. The van der Waals surface area contributed by atoms with Crippen LogP contribution in [-0.4, -0.2) is 60.3 Å². The van der Waals surface area contributed by atoms with Gasteiger partial charge in [0.1, 0.15) is 5.82 Å². The van der Waals surface area contributed by atoms with Crippen molar-refractivity contribution in [3.63, 3.8) is 0 Å². The molecule has 1 aromatic heterocycles. The van der Waals surface area contributed by atoms with Gasteiger partial charge in [0.25, 0.3) is 0 Å². The van der Waals surface area contributed by atoms with Gasteiger partial charge in [-0.1, -0.05) is 42.5 Å². The van der Waals surface area contributed by atoms with Gasteiger partial charge in [-0.3, -0.25) is 0 Å². The van der Waals surface area contributed by atoms with E-state index in [0.717, 1.165) is 16.5 Å². The summed E-state index contributed by atoms with van der Waals surface area (Å²) < 4.78 is 32.8. The highest BCUT2D eigenvalue weighted by Gasteiger charge is 2.30. The average Bonchev–Trinajstić information content (AvgIpc) is 2.73. The molecule has 1 aliphatic rings. The molecule has 8 heteroatoms. The summed E-state index contributed by atoms with van der Waals surface area (Å²) in [5, 5.41) is 4.09. The standard InChI is InChI=1S/C22H26N4O3S/c1-16-14-26(15-17(2)29-16)30(27,28)13-12-23-22-19-10-6-7-11-20(19)24-21(25-22)18-8-4-3-5-9-18/h3-11,16-17H,12-15H2,1-2H3,(H,23,24,25)/t16-,17-/m0/s1. The van der Waals surface area contributed by atoms with Crippen LogP contribution in [0.2, 0.25) is 0 Å². The van der Waals surface area contributed by atoms with Crippen LogP contribution >= 0.6 is 0 Å². The highest BCUT2D eigenvalue weighted by atomic mass is 32.2. The van der Waals surface area contributed by atoms with Gasteiger partial charge in [0.15, 0.2) is 5.82 Å². The number of sulfonamides is 1. The van der Waals surface area contributed by atoms with Crippen molar-refractivity contribution in [2.45, 2.75) is 26.1 Å². The molecule has 0 saturated carbocycles. The highest BCUT2D eigenvalue weighted by Crippen LogP contribution is 2.25. The predicted octanol–water partition coefficient (Wildman–Crippen LogP) is 3.15. The number of fused-ring (bicyclic) bond motifs is 1. The molecule has 2 aromatic carbocycles. The van der Waals surface area contributed by atoms with Crippen LogP contribution < -0.4 is 5.32 Å². The fourth-order valence-electron chi connectivity index (χ4n) is 3.71. The summed E-state index contributed by atoms with van der Waals surface area (Å²) in [7, 11) is -3.39. The Morgan fingerprint density at radius 3 is 2.40 bits per heavy atom. The van der Waals surface area contributed by atoms with Crippen molar-refractivity contribution >= 4 is 26.7 Å². The van der Waals surface area contributed by atoms with Crippen molar-refractivity contribution in [1.29, 1.82) is 0 Å². The third-order valence-electron chi connectivity index (χ3n) is 5.07. The van der Waals surface area contributed by atoms with Crippen molar-refractivity contribution in [1.82, 2.24) is 14.3 Å². The summed E-state index contributed by atoms with van der Waals surface area (Å²) in [5.74, 6) is 1.24. The van der Waals surface area contributed by atoms with Crippen molar-refractivity contribution in [3.8, 4) is 11.4 Å². The minimum Gasteiger partial charge on any atom is -0.373 e. The van der Waals surface area contributed by atoms with Gasteiger partial charge >= 0.3 is 0 Å². The predicted molar refractivity (Wildman–Crippen MR) is 119 cm³/mol. The first-order valence-electron chi connectivity index (χ1n) is 10.1. The second kappa shape index (κ2) is 8.67. The largest absolute Gasteiger partial charge is 0.373 e. The van der Waals surface area contributed by atoms with E-state index in [2.05, 4.69) is 15.3 Å². The Morgan fingerprint density at radius 2 is 1.67 bits per heavy atom. The van der Waals surface area contributed by atoms with E-state index in [1.807, 2.05) is 68.4 Å². The maximum absolute atomic E-state index is 12.8. The number of benzene rings is 2. The Balaban J connectivity index is 1.54. The van der Waals surface area contributed by atoms with Crippen molar-refractivity contribution in [2.24, 2.45) is 0 Å². The summed E-state index contributed by atoms with van der Waals surface area (Å²) in [5.41, 5.74) is 1.72. The molecule has 0 unspecified atom stereocenters. The number of aromatic nitrogens is 2. The zero-order valence-electron chi connectivity index (χ0n) is 17.2. The smallest absolute Gasteiger partial charge is 0.216 e. The molecule has 0 amide bonds. The first kappa shape index (κ1) is 20.7. The number of para-hydroxylation sites is 1. The van der Waals surface area contributed by atoms with E-state index in [-0.39, 0.29) is 24.5 Å². The van der Waals surface area contributed by atoms with Crippen LogP contribution in [0.1, 0.15) is 13.8 Å². The second-order valence-electron chi connectivity index (χ2n) is 7.60. The summed E-state index contributed by atoms with van der Waals surface area (Å²) in [6.45, 7) is 4.84. The molecule has 0 spiro atoms. The first-order chi connectivity index (χ1) is 14.4. The van der Waals surface area contributed by atoms with Gasteiger partial charge in [0.05, 0.1) is 23.5 Å². The minimum atomic E-state index is -3.39. The van der Waals surface area contributed by atoms with Gasteiger partial charge < -0.3 is 10.1 Å². The number of hydrogen-bond acceptors (Lipinski definition) is 6. The maximum Gasteiger partial charge on any atom is 0.216 e. The van der Waals surface area contributed by atoms with Gasteiger partial charge in [-0.15, -0.1) is 0 Å². The second-order valence-corrected chi connectivity index (χ2v) is 9.68. The van der Waals surface area contributed by atoms with Crippen molar-refractivity contribution in [2.75, 3.05) is 30.7 Å². The number of morpholine rings is 1. The molecule has 1 N–H and O–H groups in total. The van der Waals surface area contributed by atoms with Crippen molar-refractivity contribution < 1.29 is 13.2 Å². The van der Waals surface area contributed by atoms with Crippen LogP contribution in [-0.2, 0) is 14.8 Å². The number of hydrogen-bond donors (Lipinski definition) is 1. The molecule has 1 saturated heterocycles. The normalized spacial score (nSPS) is 20.3. The van der Waals surface area contributed by atoms with E-state index in [1.54, 1.807) is 0 Å². The molecule has 4 rings (SSSR count). The Labute approximate surface area is 177 Å². The van der Waals surface area contributed by atoms with E-state index >= 15 is 0 Å². The SMILES string of the molecule is C[C@H]1CN(S(=O)(=O)CCNc2nc(-c3ccccc3)nc3ccccc23)C[C@H](C)O1. The quantitative estimate of drug-likeness (QED) is 0.652. The Kier molecular flexibility index (Phi) is 5.99. The molecule has 30 heavy (non-hydrogen) atoms. The van der Waals surface area contributed by atoms with Gasteiger partial charge in [0, 0.05) is 30.6 Å². The molecule has 0 bridgehead atoms. The lowest BCUT2D eigenvalue weighted by Gasteiger charge is -2.34. The van der Waals surface area contributed by atoms with Crippen LogP contribution in [0.25, 0.3) is 22.3 Å². The van der Waals surface area contributed by atoms with Crippen LogP contribution in [0.5, 0.6) is 0 Å². The zero-order valence-corrected chi connectivity index (χ0v) is 18.0. The van der Waals surface area contributed by atoms with Gasteiger partial charge in [-0.2, -0.15) is 4.31 Å². The molecular formula is C22H26N4O3S. The van der Waals surface area contributed by atoms with Gasteiger partial charge in [-0.05, 0) is 26.0 Å². The number of nitrogens with one attached hydrogen (secondary N) is 1. The summed E-state index contributed by atoms with van der Waals surface area (Å²) in [6, 6.07) is 17.5. The van der Waals surface area contributed by atoms with E-state index in [0.29, 0.717) is 24.7 Å². The van der Waals surface area contributed by atoms with Crippen LogP contribution in [0.15, 0.2) is 54.6 Å². The Hall–Kier alpha value is -2.55. The summed E-state index contributed by atoms with van der Waals surface area (Å²) in [4.78, 5) is 9.34. The van der Waals surface area contributed by atoms with E-state index < -0.39 is 10.0 Å². The van der Waals surface area contributed by atoms with E-state index in [1.165, 1.54) is 4.31 Å². The van der Waals surface area contributed by atoms with E-state index in [4.69, 9.17) is 4.74 Å². The maximum atomic E-state index is 12.8. The fraction of sp³-hybridized carbons (Fsp3) is 0.364. The van der Waals surface area contributed by atoms with Crippen molar-refractivity contribution in [3.05, 3.63) is 54.6 Å². The average molecular weight is 427 g/mol. The third kappa shape index (κ3) is 4.61. The Morgan fingerprint density at radius 1 is 1.00 bits per heavy atom. The molecule has 0 radical (unpaired) electrons. The molecule has 158 valence electrons. The third-order valence-corrected chi connectivity index (χ3v) is 6.87. The number of anilines is 1. The number of rotatable bonds is 6. The topological polar surface area (TPSA) is 84.4 Å². The molecule has 1 fully saturated rings. The molecule has 3 aromatic rings. The van der Waals surface area contributed by atoms with Crippen LogP contribution in [0.3, 0.4) is 0 Å². The van der Waals surface area contributed by atoms with Crippen LogP contribution in [0.4, 0.5) is 5.82 Å². The highest BCUT2D eigenvalue weighted by molar-refractivity contribution is 7.89. The van der Waals surface area contributed by atoms with Gasteiger partial charge in [-0.25, -0.2) is 18.4 Å². The molecule has 7 nitrogen and oxygen atoms in total. The lowest BCUT2D eigenvalue weighted by atomic mass is 10.2. The Bertz CT molecular complexity index is 1110. The summed E-state index contributed by atoms with van der Waals surface area (Å²) >= 11 is 0. The monoisotopic (exact) mass is 426 g/mol. The van der Waals surface area contributed by atoms with Crippen LogP contribution in [0, 0.1) is 0 Å². The molecule has 2 heterocycles. The number of nitrogens with zero attached hydrogens (tertiary/aromatic N) is 3. The number of ether oxygens (including phenoxy) is 1. The minimum absolute atomic E-state index is 0.00849. The lowest BCUT2D eigenvalue weighted by Crippen LogP contribution is -2.49. The molecule has 0 aliphatic carbocycles. The van der Waals surface area contributed by atoms with E-state index in [9.17, 15) is 8.42 Å². The molecule has 2 atom stereocenters. The zero-order chi connectivity index (χ0) is 21.1. The molecular weight excluding hydrogens is 400 g/mol. The fourth-order valence-corrected chi connectivity index (χ4v) is 5.21. The lowest BCUT2D eigenvalue weighted by molar-refractivity contribution is -0.0440. The molecule has 1 aliphatic heterocycles.